The van der Waals surface area contributed by atoms with Gasteiger partial charge in [0.2, 0.25) is 17.8 Å². The average Bonchev–Trinajstić information content (AvgIpc) is 3.05. The highest BCUT2D eigenvalue weighted by Crippen LogP contribution is 2.24. The maximum Gasteiger partial charge on any atom is 0.229 e. The molecule has 3 heterocycles. The maximum atomic E-state index is 12.4. The number of rotatable bonds is 3. The molecular weight excluding hydrogens is 294 g/mol. The zero-order valence-corrected chi connectivity index (χ0v) is 13.7. The Bertz CT molecular complexity index is 592. The van der Waals surface area contributed by atoms with E-state index in [4.69, 9.17) is 0 Å². The summed E-state index contributed by atoms with van der Waals surface area (Å²) in [6.07, 6.45) is 3.34. The van der Waals surface area contributed by atoms with Crippen LogP contribution in [0, 0.1) is 19.8 Å². The van der Waals surface area contributed by atoms with Crippen molar-refractivity contribution < 1.29 is 9.59 Å². The van der Waals surface area contributed by atoms with Crippen molar-refractivity contribution in [1.29, 1.82) is 0 Å². The van der Waals surface area contributed by atoms with E-state index in [1.807, 2.05) is 13.8 Å². The van der Waals surface area contributed by atoms with E-state index >= 15 is 0 Å². The summed E-state index contributed by atoms with van der Waals surface area (Å²) in [6, 6.07) is 0. The number of aryl methyl sites for hydroxylation is 2. The van der Waals surface area contributed by atoms with Crippen molar-refractivity contribution in [1.82, 2.24) is 15.3 Å². The van der Waals surface area contributed by atoms with Crippen molar-refractivity contribution in [3.63, 3.8) is 0 Å². The lowest BCUT2D eigenvalue weighted by Gasteiger charge is -2.23. The number of amides is 2. The minimum atomic E-state index is -0.190. The summed E-state index contributed by atoms with van der Waals surface area (Å²) in [7, 11) is 0. The largest absolute Gasteiger partial charge is 0.355 e. The molecule has 2 fully saturated rings. The van der Waals surface area contributed by atoms with Crippen molar-refractivity contribution in [2.75, 3.05) is 29.9 Å². The van der Waals surface area contributed by atoms with Gasteiger partial charge in [0, 0.05) is 26.1 Å². The number of aromatic nitrogens is 2. The summed E-state index contributed by atoms with van der Waals surface area (Å²) >= 11 is 0. The second-order valence-corrected chi connectivity index (χ2v) is 6.29. The van der Waals surface area contributed by atoms with Crippen LogP contribution in [-0.2, 0) is 9.59 Å². The van der Waals surface area contributed by atoms with Crippen LogP contribution in [0.1, 0.15) is 37.1 Å². The molecule has 7 nitrogen and oxygen atoms in total. The number of anilines is 2. The van der Waals surface area contributed by atoms with Crippen molar-refractivity contribution in [3.05, 3.63) is 11.4 Å². The van der Waals surface area contributed by atoms with Gasteiger partial charge in [0.25, 0.3) is 0 Å². The minimum absolute atomic E-state index is 0.0136. The molecule has 0 saturated carbocycles. The zero-order valence-electron chi connectivity index (χ0n) is 13.7. The predicted octanol–water partition coefficient (Wildman–Crippen LogP) is 1.16. The summed E-state index contributed by atoms with van der Waals surface area (Å²) < 4.78 is 0. The SMILES string of the molecule is Cc1nc(N2CCCC2)nc(C)c1NC(=O)C1CCC(=O)NC1. The van der Waals surface area contributed by atoms with Gasteiger partial charge in [-0.1, -0.05) is 0 Å². The lowest BCUT2D eigenvalue weighted by Crippen LogP contribution is -2.40. The van der Waals surface area contributed by atoms with E-state index in [-0.39, 0.29) is 17.7 Å². The highest BCUT2D eigenvalue weighted by molar-refractivity contribution is 5.95. The Morgan fingerprint density at radius 3 is 2.43 bits per heavy atom. The lowest BCUT2D eigenvalue weighted by atomic mass is 9.98. The number of nitrogens with zero attached hydrogens (tertiary/aromatic N) is 3. The van der Waals surface area contributed by atoms with Crippen LogP contribution in [0.2, 0.25) is 0 Å². The fourth-order valence-corrected chi connectivity index (χ4v) is 3.12. The van der Waals surface area contributed by atoms with Gasteiger partial charge in [0.1, 0.15) is 0 Å². The quantitative estimate of drug-likeness (QED) is 0.873. The van der Waals surface area contributed by atoms with Crippen LogP contribution in [0.5, 0.6) is 0 Å². The highest BCUT2D eigenvalue weighted by atomic mass is 16.2. The molecule has 0 radical (unpaired) electrons. The van der Waals surface area contributed by atoms with E-state index in [2.05, 4.69) is 25.5 Å². The van der Waals surface area contributed by atoms with Crippen molar-refractivity contribution in [2.24, 2.45) is 5.92 Å². The first-order chi connectivity index (χ1) is 11.0. The first-order valence-corrected chi connectivity index (χ1v) is 8.22. The predicted molar refractivity (Wildman–Crippen MR) is 87.3 cm³/mol. The number of nitrogens with one attached hydrogen (secondary N) is 2. The van der Waals surface area contributed by atoms with E-state index in [0.29, 0.717) is 25.1 Å². The topological polar surface area (TPSA) is 87.2 Å². The molecular formula is C16H23N5O2. The molecule has 2 aliphatic rings. The molecule has 1 unspecified atom stereocenters. The Kier molecular flexibility index (Phi) is 4.45. The lowest BCUT2D eigenvalue weighted by molar-refractivity contribution is -0.126. The van der Waals surface area contributed by atoms with E-state index in [9.17, 15) is 9.59 Å². The molecule has 0 bridgehead atoms. The molecule has 1 atom stereocenters. The van der Waals surface area contributed by atoms with Crippen LogP contribution in [0.25, 0.3) is 0 Å². The Labute approximate surface area is 135 Å². The Morgan fingerprint density at radius 2 is 1.87 bits per heavy atom. The third-order valence-electron chi connectivity index (χ3n) is 4.53. The van der Waals surface area contributed by atoms with E-state index in [0.717, 1.165) is 30.4 Å². The van der Waals surface area contributed by atoms with Crippen LogP contribution >= 0.6 is 0 Å². The Balaban J connectivity index is 1.72. The average molecular weight is 317 g/mol. The van der Waals surface area contributed by atoms with E-state index in [1.54, 1.807) is 0 Å². The second kappa shape index (κ2) is 6.52. The standard InChI is InChI=1S/C16H23N5O2/c1-10-14(20-15(23)12-5-6-13(22)17-9-12)11(2)19-16(18-10)21-7-3-4-8-21/h12H,3-9H2,1-2H3,(H,17,22)(H,20,23). The summed E-state index contributed by atoms with van der Waals surface area (Å²) in [5.74, 6) is 0.499. The van der Waals surface area contributed by atoms with Gasteiger partial charge in [0.15, 0.2) is 0 Å². The van der Waals surface area contributed by atoms with E-state index in [1.165, 1.54) is 12.8 Å². The third kappa shape index (κ3) is 3.43. The van der Waals surface area contributed by atoms with Crippen LogP contribution < -0.4 is 15.5 Å². The van der Waals surface area contributed by atoms with Crippen LogP contribution in [0.4, 0.5) is 11.6 Å². The fraction of sp³-hybridized carbons (Fsp3) is 0.625. The van der Waals surface area contributed by atoms with Gasteiger partial charge in [-0.3, -0.25) is 9.59 Å². The maximum absolute atomic E-state index is 12.4. The number of carbonyl (C=O) groups excluding carboxylic acids is 2. The molecule has 2 aliphatic heterocycles. The monoisotopic (exact) mass is 317 g/mol. The molecule has 1 aromatic rings. The first kappa shape index (κ1) is 15.7. The first-order valence-electron chi connectivity index (χ1n) is 8.22. The Hall–Kier alpha value is -2.18. The van der Waals surface area contributed by atoms with Crippen molar-refractivity contribution >= 4 is 23.5 Å². The fourth-order valence-electron chi connectivity index (χ4n) is 3.12. The van der Waals surface area contributed by atoms with Crippen LogP contribution in [0.15, 0.2) is 0 Å². The van der Waals surface area contributed by atoms with Crippen molar-refractivity contribution in [2.45, 2.75) is 39.5 Å². The number of hydrogen-bond donors (Lipinski definition) is 2. The molecule has 23 heavy (non-hydrogen) atoms. The second-order valence-electron chi connectivity index (χ2n) is 6.29. The highest BCUT2D eigenvalue weighted by Gasteiger charge is 2.26. The third-order valence-corrected chi connectivity index (χ3v) is 4.53. The van der Waals surface area contributed by atoms with Gasteiger partial charge in [0.05, 0.1) is 23.0 Å². The molecule has 2 amide bonds. The van der Waals surface area contributed by atoms with Gasteiger partial charge in [-0.25, -0.2) is 9.97 Å². The molecule has 0 spiro atoms. The van der Waals surface area contributed by atoms with Crippen LogP contribution in [-0.4, -0.2) is 41.4 Å². The normalized spacial score (nSPS) is 21.2. The molecule has 3 rings (SSSR count). The molecule has 1 aromatic heterocycles. The summed E-state index contributed by atoms with van der Waals surface area (Å²) in [5, 5.41) is 5.68. The number of hydrogen-bond acceptors (Lipinski definition) is 5. The van der Waals surface area contributed by atoms with Gasteiger partial charge >= 0.3 is 0 Å². The summed E-state index contributed by atoms with van der Waals surface area (Å²) in [4.78, 5) is 34.9. The minimum Gasteiger partial charge on any atom is -0.355 e. The van der Waals surface area contributed by atoms with Gasteiger partial charge in [-0.05, 0) is 33.1 Å². The molecule has 2 saturated heterocycles. The van der Waals surface area contributed by atoms with Gasteiger partial charge < -0.3 is 15.5 Å². The van der Waals surface area contributed by atoms with Crippen LogP contribution in [0.3, 0.4) is 0 Å². The Morgan fingerprint density at radius 1 is 1.22 bits per heavy atom. The van der Waals surface area contributed by atoms with Crippen molar-refractivity contribution in [3.8, 4) is 0 Å². The zero-order chi connectivity index (χ0) is 16.4. The molecule has 0 aliphatic carbocycles. The smallest absolute Gasteiger partial charge is 0.229 e. The van der Waals surface area contributed by atoms with Gasteiger partial charge in [-0.2, -0.15) is 0 Å². The number of carbonyl (C=O) groups is 2. The number of piperidine rings is 1. The summed E-state index contributed by atoms with van der Waals surface area (Å²) in [5.41, 5.74) is 2.26. The molecule has 124 valence electrons. The van der Waals surface area contributed by atoms with E-state index < -0.39 is 0 Å². The molecule has 0 aromatic carbocycles. The van der Waals surface area contributed by atoms with Gasteiger partial charge in [-0.15, -0.1) is 0 Å². The summed E-state index contributed by atoms with van der Waals surface area (Å²) in [6.45, 7) is 6.17. The molecule has 2 N–H and O–H groups in total. The molecule has 7 heteroatoms.